The number of rotatable bonds is 0. The fourth-order valence-electron chi connectivity index (χ4n) is 1.89. The molecule has 0 radical (unpaired) electrons. The minimum absolute atomic E-state index is 0.194. The summed E-state index contributed by atoms with van der Waals surface area (Å²) < 4.78 is 1.10. The summed E-state index contributed by atoms with van der Waals surface area (Å²) in [6, 6.07) is 16.1. The average molecular weight is 870 g/mol. The number of terminal acetylenes is 2. The molecule has 0 fully saturated rings. The van der Waals surface area contributed by atoms with Crippen LogP contribution in [0.4, 0.5) is 0 Å². The Morgan fingerprint density at radius 3 is 1.26 bits per heavy atom. The fourth-order valence-corrected chi connectivity index (χ4v) is 3.98. The molecule has 0 spiro atoms. The Balaban J connectivity index is 0. The topological polar surface area (TPSA) is 0 Å². The van der Waals surface area contributed by atoms with Crippen molar-refractivity contribution in [1.29, 1.82) is 0 Å². The highest BCUT2D eigenvalue weighted by atomic mass is 127. The molecule has 0 aliphatic heterocycles. The summed E-state index contributed by atoms with van der Waals surface area (Å²) in [5.74, 6) is 5.57. The van der Waals surface area contributed by atoms with Crippen molar-refractivity contribution < 1.29 is 0 Å². The van der Waals surface area contributed by atoms with Gasteiger partial charge in [-0.1, -0.05) is 121 Å². The van der Waals surface area contributed by atoms with E-state index in [9.17, 15) is 0 Å². The van der Waals surface area contributed by atoms with Crippen molar-refractivity contribution in [3.8, 4) is 35.8 Å². The summed E-state index contributed by atoms with van der Waals surface area (Å²) in [7, 11) is -2.41. The third-order valence-corrected chi connectivity index (χ3v) is 8.53. The zero-order chi connectivity index (χ0) is 33.1. The first-order chi connectivity index (χ1) is 19.3. The second-order valence-corrected chi connectivity index (χ2v) is 24.0. The third-order valence-electron chi connectivity index (χ3n) is 3.90. The van der Waals surface area contributed by atoms with Crippen molar-refractivity contribution in [3.63, 3.8) is 0 Å². The molecular formula is C31H31Cl8ISi2. The van der Waals surface area contributed by atoms with Crippen LogP contribution in [0, 0.1) is 39.3 Å². The normalized spacial score (nSPS) is 9.64. The van der Waals surface area contributed by atoms with Gasteiger partial charge in [-0.2, -0.15) is 0 Å². The summed E-state index contributed by atoms with van der Waals surface area (Å²) in [5.41, 5.74) is 7.69. The lowest BCUT2D eigenvalue weighted by Crippen LogP contribution is -2.16. The molecule has 3 rings (SSSR count). The van der Waals surface area contributed by atoms with Crippen LogP contribution in [-0.2, 0) is 0 Å². The van der Waals surface area contributed by atoms with Gasteiger partial charge in [0.25, 0.3) is 0 Å². The van der Waals surface area contributed by atoms with Crippen molar-refractivity contribution in [1.82, 2.24) is 0 Å². The monoisotopic (exact) mass is 866 g/mol. The highest BCUT2D eigenvalue weighted by Gasteiger charge is 2.07. The Hall–Kier alpha value is -0.176. The van der Waals surface area contributed by atoms with Crippen LogP contribution in [0.25, 0.3) is 0 Å². The number of hydrogen-bond donors (Lipinski definition) is 0. The maximum atomic E-state index is 5.88. The van der Waals surface area contributed by atoms with E-state index in [2.05, 4.69) is 84.8 Å². The van der Waals surface area contributed by atoms with Crippen molar-refractivity contribution in [2.75, 3.05) is 5.34 Å². The molecular weight excluding hydrogens is 839 g/mol. The number of hydrogen-bond acceptors (Lipinski definition) is 0. The molecule has 226 valence electrons. The Morgan fingerprint density at radius 1 is 0.595 bits per heavy atom. The van der Waals surface area contributed by atoms with Gasteiger partial charge in [0.15, 0.2) is 0 Å². The molecule has 3 aromatic rings. The predicted molar refractivity (Wildman–Crippen MR) is 209 cm³/mol. The number of benzene rings is 3. The molecule has 0 aromatic heterocycles. The van der Waals surface area contributed by atoms with Gasteiger partial charge in [-0.05, 0) is 77.2 Å². The zero-order valence-electron chi connectivity index (χ0n) is 24.0. The van der Waals surface area contributed by atoms with Gasteiger partial charge in [0.05, 0.1) is 35.5 Å². The van der Waals surface area contributed by atoms with E-state index in [1.807, 2.05) is 18.2 Å². The summed E-state index contributed by atoms with van der Waals surface area (Å²) >= 11 is 46.0. The van der Waals surface area contributed by atoms with E-state index in [0.717, 1.165) is 14.7 Å². The van der Waals surface area contributed by atoms with Gasteiger partial charge in [-0.15, -0.1) is 47.1 Å². The molecule has 3 aromatic carbocycles. The molecule has 0 heterocycles. The van der Waals surface area contributed by atoms with Crippen LogP contribution >= 0.6 is 115 Å². The fraction of sp³-hybridized carbons (Fsp3) is 0.226. The van der Waals surface area contributed by atoms with Crippen LogP contribution in [0.5, 0.6) is 0 Å². The minimum Gasteiger partial charge on any atom is -0.135 e. The second kappa shape index (κ2) is 23.2. The summed E-state index contributed by atoms with van der Waals surface area (Å²) in [4.78, 5) is 0. The molecule has 0 aliphatic carbocycles. The smallest absolute Gasteiger partial charge is 0.129 e. The largest absolute Gasteiger partial charge is 0.135 e. The number of halogens is 9. The molecule has 0 saturated heterocycles. The van der Waals surface area contributed by atoms with Crippen LogP contribution in [-0.4, -0.2) is 21.5 Å². The Labute approximate surface area is 308 Å². The van der Waals surface area contributed by atoms with E-state index < -0.39 is 16.1 Å². The van der Waals surface area contributed by atoms with Crippen LogP contribution in [0.2, 0.25) is 69.4 Å². The minimum atomic E-state index is -1.31. The standard InChI is InChI=1S/C11H12Cl2Si.C8H4Cl2.C6H3Cl2I.C5H10Si.CH2Cl2/c1-14(2,3)7-6-9-4-5-10(12)11(13)8-9;1-2-6-3-4-7(9)8(10)5-6;7-5-2-1-4(9)3-6(5)8;1-5-6(2,3)4;2-1-3/h4-5,8H,1-3H3;1,3-5H;1-3H;1H,2-4H3;1H2. The van der Waals surface area contributed by atoms with Gasteiger partial charge in [0.2, 0.25) is 0 Å². The van der Waals surface area contributed by atoms with Crippen LogP contribution < -0.4 is 0 Å². The lowest BCUT2D eigenvalue weighted by Gasteiger charge is -2.03. The van der Waals surface area contributed by atoms with E-state index >= 15 is 0 Å². The lowest BCUT2D eigenvalue weighted by molar-refractivity contribution is 1.64. The first-order valence-electron chi connectivity index (χ1n) is 11.9. The molecule has 0 amide bonds. The van der Waals surface area contributed by atoms with Gasteiger partial charge < -0.3 is 0 Å². The highest BCUT2D eigenvalue weighted by molar-refractivity contribution is 14.1. The van der Waals surface area contributed by atoms with E-state index in [4.69, 9.17) is 106 Å². The summed E-state index contributed by atoms with van der Waals surface area (Å²) in [5, 5.41) is 3.58. The van der Waals surface area contributed by atoms with Crippen molar-refractivity contribution in [3.05, 3.63) is 99.4 Å². The SMILES string of the molecule is C#C[Si](C)(C)C.C#Cc1ccc(Cl)c(Cl)c1.C[Si](C)(C)C#Cc1ccc(Cl)c(Cl)c1.ClCCl.Clc1ccc(I)cc1Cl. The van der Waals surface area contributed by atoms with E-state index in [-0.39, 0.29) is 5.34 Å². The lowest BCUT2D eigenvalue weighted by atomic mass is 10.2. The van der Waals surface area contributed by atoms with Gasteiger partial charge in [-0.3, -0.25) is 0 Å². The first kappa shape index (κ1) is 44.0. The molecule has 0 nitrogen and oxygen atoms in total. The van der Waals surface area contributed by atoms with Crippen LogP contribution in [0.15, 0.2) is 54.6 Å². The summed E-state index contributed by atoms with van der Waals surface area (Å²) in [6.45, 7) is 13.1. The van der Waals surface area contributed by atoms with Crippen molar-refractivity contribution in [2.24, 2.45) is 0 Å². The van der Waals surface area contributed by atoms with E-state index in [1.54, 1.807) is 36.4 Å². The average Bonchev–Trinajstić information content (AvgIpc) is 2.89. The molecule has 0 unspecified atom stereocenters. The molecule has 0 aliphatic rings. The maximum absolute atomic E-state index is 5.88. The third kappa shape index (κ3) is 24.2. The molecule has 0 atom stereocenters. The highest BCUT2D eigenvalue weighted by Crippen LogP contribution is 2.24. The van der Waals surface area contributed by atoms with Gasteiger partial charge in [0, 0.05) is 14.7 Å². The maximum Gasteiger partial charge on any atom is 0.129 e. The van der Waals surface area contributed by atoms with Crippen LogP contribution in [0.3, 0.4) is 0 Å². The number of alkyl halides is 2. The van der Waals surface area contributed by atoms with Crippen LogP contribution in [0.1, 0.15) is 11.1 Å². The molecule has 0 N–H and O–H groups in total. The quantitative estimate of drug-likeness (QED) is 0.0694. The summed E-state index contributed by atoms with van der Waals surface area (Å²) in [6.07, 6.45) is 10.2. The molecule has 0 saturated carbocycles. The van der Waals surface area contributed by atoms with Gasteiger partial charge >= 0.3 is 0 Å². The molecule has 0 bridgehead atoms. The first-order valence-corrected chi connectivity index (χ1v) is 23.3. The Bertz CT molecular complexity index is 1400. The Kier molecular flexibility index (Phi) is 24.3. The van der Waals surface area contributed by atoms with E-state index in [0.29, 0.717) is 30.1 Å². The van der Waals surface area contributed by atoms with Gasteiger partial charge in [-0.25, -0.2) is 0 Å². The zero-order valence-corrected chi connectivity index (χ0v) is 34.2. The molecule has 11 heteroatoms. The second-order valence-electron chi connectivity index (χ2n) is 9.96. The predicted octanol–water partition coefficient (Wildman–Crippen LogP) is 13.7. The Morgan fingerprint density at radius 2 is 0.952 bits per heavy atom. The van der Waals surface area contributed by atoms with Crippen molar-refractivity contribution >= 4 is 132 Å². The molecule has 42 heavy (non-hydrogen) atoms. The van der Waals surface area contributed by atoms with Crippen molar-refractivity contribution in [2.45, 2.75) is 39.3 Å². The van der Waals surface area contributed by atoms with Gasteiger partial charge in [0.1, 0.15) is 16.1 Å². The van der Waals surface area contributed by atoms with E-state index in [1.165, 1.54) is 0 Å².